The van der Waals surface area contributed by atoms with E-state index in [1.807, 2.05) is 6.92 Å². The van der Waals surface area contributed by atoms with Crippen molar-refractivity contribution in [3.05, 3.63) is 65.0 Å². The van der Waals surface area contributed by atoms with Gasteiger partial charge in [0.05, 0.1) is 6.04 Å². The summed E-state index contributed by atoms with van der Waals surface area (Å²) in [6.45, 7) is 1.88. The molecule has 0 spiro atoms. The predicted molar refractivity (Wildman–Crippen MR) is 61.4 cm³/mol. The Balaban J connectivity index is 2.40. The Labute approximate surface area is 98.1 Å². The second-order valence-corrected chi connectivity index (χ2v) is 3.88. The van der Waals surface area contributed by atoms with E-state index < -0.39 is 17.7 Å². The van der Waals surface area contributed by atoms with Crippen molar-refractivity contribution in [2.24, 2.45) is 5.73 Å². The van der Waals surface area contributed by atoms with E-state index in [0.29, 0.717) is 5.56 Å². The number of nitrogens with two attached hydrogens (primary N) is 1. The molecule has 0 bridgehead atoms. The molecule has 88 valence electrons. The van der Waals surface area contributed by atoms with Crippen molar-refractivity contribution in [3.63, 3.8) is 0 Å². The molecule has 0 radical (unpaired) electrons. The second kappa shape index (κ2) is 4.59. The first-order chi connectivity index (χ1) is 8.09. The molecule has 0 fully saturated rings. The number of hydrogen-bond acceptors (Lipinski definition) is 2. The van der Waals surface area contributed by atoms with Crippen LogP contribution in [0, 0.1) is 18.6 Å². The highest BCUT2D eigenvalue weighted by atomic mass is 19.2. The summed E-state index contributed by atoms with van der Waals surface area (Å²) < 4.78 is 25.9. The minimum absolute atomic E-state index is 0.479. The number of rotatable bonds is 2. The maximum atomic E-state index is 13.1. The van der Waals surface area contributed by atoms with E-state index in [4.69, 9.17) is 5.73 Å². The Morgan fingerprint density at radius 2 is 1.94 bits per heavy atom. The minimum Gasteiger partial charge on any atom is -0.320 e. The van der Waals surface area contributed by atoms with Crippen LogP contribution in [0.25, 0.3) is 0 Å². The average molecular weight is 234 g/mol. The maximum absolute atomic E-state index is 13.1. The Kier molecular flexibility index (Phi) is 3.15. The zero-order valence-corrected chi connectivity index (χ0v) is 9.32. The monoisotopic (exact) mass is 234 g/mol. The van der Waals surface area contributed by atoms with Gasteiger partial charge in [0, 0.05) is 12.4 Å². The van der Waals surface area contributed by atoms with Crippen LogP contribution in [0.1, 0.15) is 22.7 Å². The van der Waals surface area contributed by atoms with Crippen LogP contribution in [0.15, 0.2) is 36.7 Å². The maximum Gasteiger partial charge on any atom is 0.159 e. The molecule has 1 aromatic heterocycles. The molecule has 2 aromatic rings. The number of hydrogen-bond donors (Lipinski definition) is 1. The van der Waals surface area contributed by atoms with Gasteiger partial charge < -0.3 is 5.73 Å². The molecule has 2 N–H and O–H groups in total. The Morgan fingerprint density at radius 1 is 1.18 bits per heavy atom. The lowest BCUT2D eigenvalue weighted by Crippen LogP contribution is -2.13. The normalized spacial score (nSPS) is 12.5. The van der Waals surface area contributed by atoms with Crippen LogP contribution in [0.2, 0.25) is 0 Å². The fourth-order valence-corrected chi connectivity index (χ4v) is 1.72. The van der Waals surface area contributed by atoms with Gasteiger partial charge in [0.15, 0.2) is 11.6 Å². The zero-order chi connectivity index (χ0) is 12.4. The van der Waals surface area contributed by atoms with Crippen molar-refractivity contribution < 1.29 is 8.78 Å². The molecular weight excluding hydrogens is 222 g/mol. The molecule has 1 aromatic carbocycles. The number of aromatic nitrogens is 1. The molecule has 4 heteroatoms. The van der Waals surface area contributed by atoms with Crippen molar-refractivity contribution in [1.29, 1.82) is 0 Å². The second-order valence-electron chi connectivity index (χ2n) is 3.88. The van der Waals surface area contributed by atoms with E-state index in [1.165, 1.54) is 6.07 Å². The summed E-state index contributed by atoms with van der Waals surface area (Å²) in [5.74, 6) is -1.75. The van der Waals surface area contributed by atoms with Crippen molar-refractivity contribution in [2.45, 2.75) is 13.0 Å². The summed E-state index contributed by atoms with van der Waals surface area (Å²) in [6.07, 6.45) is 3.32. The van der Waals surface area contributed by atoms with Gasteiger partial charge in [-0.25, -0.2) is 8.78 Å². The topological polar surface area (TPSA) is 38.9 Å². The van der Waals surface area contributed by atoms with Crippen LogP contribution in [0.5, 0.6) is 0 Å². The standard InChI is InChI=1S/C13H12F2N2/c1-8-7-17-5-4-10(8)13(16)9-2-3-11(14)12(15)6-9/h2-7,13H,16H2,1H3. The highest BCUT2D eigenvalue weighted by Gasteiger charge is 2.13. The lowest BCUT2D eigenvalue weighted by atomic mass is 9.97. The third-order valence-electron chi connectivity index (χ3n) is 2.70. The summed E-state index contributed by atoms with van der Waals surface area (Å²) in [6, 6.07) is 5.00. The van der Waals surface area contributed by atoms with Crippen molar-refractivity contribution in [2.75, 3.05) is 0 Å². The third kappa shape index (κ3) is 2.31. The summed E-state index contributed by atoms with van der Waals surface area (Å²) in [5, 5.41) is 0. The molecule has 1 atom stereocenters. The molecular formula is C13H12F2N2. The molecule has 0 saturated carbocycles. The molecule has 2 nitrogen and oxygen atoms in total. The van der Waals surface area contributed by atoms with E-state index in [9.17, 15) is 8.78 Å². The van der Waals surface area contributed by atoms with Gasteiger partial charge in [-0.3, -0.25) is 4.98 Å². The van der Waals surface area contributed by atoms with E-state index in [0.717, 1.165) is 23.3 Å². The predicted octanol–water partition coefficient (Wildman–Crippen LogP) is 2.72. The third-order valence-corrected chi connectivity index (χ3v) is 2.70. The highest BCUT2D eigenvalue weighted by Crippen LogP contribution is 2.23. The van der Waals surface area contributed by atoms with Gasteiger partial charge in [-0.2, -0.15) is 0 Å². The Morgan fingerprint density at radius 3 is 2.59 bits per heavy atom. The zero-order valence-electron chi connectivity index (χ0n) is 9.32. The number of aryl methyl sites for hydroxylation is 1. The van der Waals surface area contributed by atoms with Crippen LogP contribution in [0.3, 0.4) is 0 Å². The van der Waals surface area contributed by atoms with Gasteiger partial charge in [-0.15, -0.1) is 0 Å². The quantitative estimate of drug-likeness (QED) is 0.867. The first kappa shape index (κ1) is 11.7. The van der Waals surface area contributed by atoms with Crippen molar-refractivity contribution in [3.8, 4) is 0 Å². The van der Waals surface area contributed by atoms with Gasteiger partial charge in [-0.1, -0.05) is 6.07 Å². The molecule has 17 heavy (non-hydrogen) atoms. The van der Waals surface area contributed by atoms with Gasteiger partial charge in [0.1, 0.15) is 0 Å². The van der Waals surface area contributed by atoms with Crippen LogP contribution < -0.4 is 5.73 Å². The van der Waals surface area contributed by atoms with E-state index in [1.54, 1.807) is 18.5 Å². The van der Waals surface area contributed by atoms with Gasteiger partial charge >= 0.3 is 0 Å². The van der Waals surface area contributed by atoms with Crippen molar-refractivity contribution >= 4 is 0 Å². The lowest BCUT2D eigenvalue weighted by Gasteiger charge is -2.14. The fourth-order valence-electron chi connectivity index (χ4n) is 1.72. The molecule has 0 aliphatic rings. The summed E-state index contributed by atoms with van der Waals surface area (Å²) in [4.78, 5) is 3.96. The van der Waals surface area contributed by atoms with Crippen molar-refractivity contribution in [1.82, 2.24) is 4.98 Å². The molecule has 0 aliphatic heterocycles. The average Bonchev–Trinajstić information content (AvgIpc) is 2.32. The first-order valence-electron chi connectivity index (χ1n) is 5.20. The van der Waals surface area contributed by atoms with E-state index in [2.05, 4.69) is 4.98 Å². The van der Waals surface area contributed by atoms with Crippen LogP contribution in [-0.4, -0.2) is 4.98 Å². The number of benzene rings is 1. The number of halogens is 2. The van der Waals surface area contributed by atoms with Crippen LogP contribution in [-0.2, 0) is 0 Å². The number of nitrogens with zero attached hydrogens (tertiary/aromatic N) is 1. The Hall–Kier alpha value is -1.81. The van der Waals surface area contributed by atoms with Gasteiger partial charge in [0.25, 0.3) is 0 Å². The van der Waals surface area contributed by atoms with Gasteiger partial charge in [-0.05, 0) is 41.8 Å². The van der Waals surface area contributed by atoms with Gasteiger partial charge in [0.2, 0.25) is 0 Å². The van der Waals surface area contributed by atoms with Crippen LogP contribution in [0.4, 0.5) is 8.78 Å². The summed E-state index contributed by atoms with van der Waals surface area (Å²) in [5.41, 5.74) is 8.33. The minimum atomic E-state index is -0.885. The molecule has 0 aliphatic carbocycles. The fraction of sp³-hybridized carbons (Fsp3) is 0.154. The largest absolute Gasteiger partial charge is 0.320 e. The molecule has 1 heterocycles. The number of pyridine rings is 1. The summed E-state index contributed by atoms with van der Waals surface area (Å²) in [7, 11) is 0. The summed E-state index contributed by atoms with van der Waals surface area (Å²) >= 11 is 0. The molecule has 1 unspecified atom stereocenters. The van der Waals surface area contributed by atoms with E-state index >= 15 is 0 Å². The highest BCUT2D eigenvalue weighted by molar-refractivity contribution is 5.34. The SMILES string of the molecule is Cc1cnccc1C(N)c1ccc(F)c(F)c1. The first-order valence-corrected chi connectivity index (χ1v) is 5.20. The molecule has 0 amide bonds. The molecule has 2 rings (SSSR count). The molecule has 0 saturated heterocycles. The van der Waals surface area contributed by atoms with Crippen LogP contribution >= 0.6 is 0 Å². The Bertz CT molecular complexity index is 541. The lowest BCUT2D eigenvalue weighted by molar-refractivity contribution is 0.506. The smallest absolute Gasteiger partial charge is 0.159 e. The van der Waals surface area contributed by atoms with E-state index in [-0.39, 0.29) is 0 Å².